The molecule has 4 aliphatic rings. The molecule has 3 atom stereocenters. The Balaban J connectivity index is 0.000000354. The van der Waals surface area contributed by atoms with E-state index in [1.54, 1.807) is 28.7 Å². The number of carbonyl (C=O) groups excluding carboxylic acids is 5. The zero-order chi connectivity index (χ0) is 35.3. The van der Waals surface area contributed by atoms with E-state index in [0.29, 0.717) is 37.9 Å². The van der Waals surface area contributed by atoms with E-state index in [2.05, 4.69) is 14.2 Å². The summed E-state index contributed by atoms with van der Waals surface area (Å²) in [4.78, 5) is 54.6. The Bertz CT molecular complexity index is 938. The van der Waals surface area contributed by atoms with Gasteiger partial charge in [0.05, 0.1) is 30.7 Å². The molecule has 16 nitrogen and oxygen atoms in total. The van der Waals surface area contributed by atoms with Crippen molar-refractivity contribution in [2.45, 2.75) is 39.1 Å². The molecular formula is C27H44O16S4. The van der Waals surface area contributed by atoms with Crippen LogP contribution in [-0.2, 0) is 57.0 Å². The molecule has 2 N–H and O–H groups in total. The number of ether oxygens (including phenoxy) is 9. The topological polar surface area (TPSA) is 209 Å². The largest absolute Gasteiger partial charge is 0.508 e. The smallest absolute Gasteiger partial charge is 0.463 e. The quantitative estimate of drug-likeness (QED) is 0.142. The van der Waals surface area contributed by atoms with Gasteiger partial charge in [-0.15, -0.1) is 0 Å². The summed E-state index contributed by atoms with van der Waals surface area (Å²) < 4.78 is 43.0. The van der Waals surface area contributed by atoms with Crippen LogP contribution in [-0.4, -0.2) is 149 Å². The lowest BCUT2D eigenvalue weighted by Crippen LogP contribution is -2.41. The first-order valence-corrected chi connectivity index (χ1v) is 19.2. The molecule has 20 heteroatoms. The van der Waals surface area contributed by atoms with Crippen LogP contribution in [0.2, 0.25) is 0 Å². The zero-order valence-electron chi connectivity index (χ0n) is 27.0. The fourth-order valence-electron chi connectivity index (χ4n) is 3.17. The van der Waals surface area contributed by atoms with Crippen molar-refractivity contribution in [2.24, 2.45) is 10.8 Å². The molecule has 0 aromatic rings. The molecule has 4 aliphatic heterocycles. The maximum atomic E-state index is 11.4. The highest BCUT2D eigenvalue weighted by Gasteiger charge is 2.41. The second-order valence-electron chi connectivity index (χ2n) is 10.4. The Morgan fingerprint density at radius 1 is 0.809 bits per heavy atom. The molecule has 0 bridgehead atoms. The second-order valence-corrected chi connectivity index (χ2v) is 15.3. The molecule has 1 spiro atoms. The van der Waals surface area contributed by atoms with Crippen LogP contribution >= 0.6 is 43.2 Å². The average Bonchev–Trinajstić information content (AvgIpc) is 3.71. The predicted molar refractivity (Wildman–Crippen MR) is 174 cm³/mol. The first-order valence-electron chi connectivity index (χ1n) is 14.2. The lowest BCUT2D eigenvalue weighted by molar-refractivity contribution is -0.191. The first-order chi connectivity index (χ1) is 22.3. The van der Waals surface area contributed by atoms with Gasteiger partial charge in [0.2, 0.25) is 0 Å². The summed E-state index contributed by atoms with van der Waals surface area (Å²) in [7, 11) is 9.96. The molecule has 4 saturated heterocycles. The van der Waals surface area contributed by atoms with Gasteiger partial charge in [0, 0.05) is 37.2 Å². The van der Waals surface area contributed by atoms with Crippen LogP contribution in [0.25, 0.3) is 0 Å². The van der Waals surface area contributed by atoms with E-state index in [1.165, 1.54) is 27.9 Å². The number of esters is 3. The lowest BCUT2D eigenvalue weighted by atomic mass is 9.95. The minimum Gasteiger partial charge on any atom is -0.463 e. The number of rotatable bonds is 10. The molecule has 0 aromatic heterocycles. The molecule has 47 heavy (non-hydrogen) atoms. The van der Waals surface area contributed by atoms with Crippen molar-refractivity contribution in [3.63, 3.8) is 0 Å². The van der Waals surface area contributed by atoms with Gasteiger partial charge in [0.25, 0.3) is 0 Å². The van der Waals surface area contributed by atoms with Gasteiger partial charge in [-0.1, -0.05) is 43.2 Å². The summed E-state index contributed by atoms with van der Waals surface area (Å²) in [5.74, 6) is 1.81. The van der Waals surface area contributed by atoms with Gasteiger partial charge in [0.15, 0.2) is 12.2 Å². The van der Waals surface area contributed by atoms with Crippen molar-refractivity contribution < 1.29 is 76.8 Å². The van der Waals surface area contributed by atoms with Gasteiger partial charge < -0.3 is 52.8 Å². The van der Waals surface area contributed by atoms with Crippen molar-refractivity contribution in [3.8, 4) is 0 Å². The molecular weight excluding hydrogens is 709 g/mol. The fraction of sp³-hybridized carbons (Fsp3) is 0.815. The van der Waals surface area contributed by atoms with Crippen molar-refractivity contribution in [1.82, 2.24) is 0 Å². The number of methoxy groups -OCH3 is 2. The van der Waals surface area contributed by atoms with E-state index >= 15 is 0 Å². The van der Waals surface area contributed by atoms with Crippen LogP contribution < -0.4 is 0 Å². The van der Waals surface area contributed by atoms with Crippen LogP contribution in [0.15, 0.2) is 0 Å². The Labute approximate surface area is 289 Å². The van der Waals surface area contributed by atoms with Crippen LogP contribution in [0.1, 0.15) is 20.8 Å². The van der Waals surface area contributed by atoms with E-state index in [9.17, 15) is 24.0 Å². The molecule has 0 aliphatic carbocycles. The predicted octanol–water partition coefficient (Wildman–Crippen LogP) is 2.11. The average molecular weight is 753 g/mol. The Morgan fingerprint density at radius 2 is 1.30 bits per heavy atom. The van der Waals surface area contributed by atoms with Gasteiger partial charge in [-0.05, 0) is 20.8 Å². The monoisotopic (exact) mass is 752 g/mol. The Morgan fingerprint density at radius 3 is 1.74 bits per heavy atom. The molecule has 0 aromatic carbocycles. The second kappa shape index (κ2) is 23.5. The van der Waals surface area contributed by atoms with Gasteiger partial charge in [-0.25, -0.2) is 24.0 Å². The van der Waals surface area contributed by atoms with Crippen LogP contribution in [0.5, 0.6) is 0 Å². The van der Waals surface area contributed by atoms with Crippen molar-refractivity contribution in [2.75, 3.05) is 90.1 Å². The third-order valence-electron chi connectivity index (χ3n) is 6.03. The van der Waals surface area contributed by atoms with E-state index in [4.69, 9.17) is 38.6 Å². The van der Waals surface area contributed by atoms with Gasteiger partial charge in [-0.2, -0.15) is 0 Å². The maximum absolute atomic E-state index is 11.4. The molecule has 0 radical (unpaired) electrons. The van der Waals surface area contributed by atoms with Crippen LogP contribution in [0.3, 0.4) is 0 Å². The number of cyclic esters (lactones) is 4. The summed E-state index contributed by atoms with van der Waals surface area (Å²) in [5.41, 5.74) is -0.330. The van der Waals surface area contributed by atoms with Crippen molar-refractivity contribution in [1.29, 1.82) is 0 Å². The fourth-order valence-corrected chi connectivity index (χ4v) is 9.83. The summed E-state index contributed by atoms with van der Waals surface area (Å²) in [6, 6.07) is 0. The highest BCUT2D eigenvalue weighted by atomic mass is 33.1. The Kier molecular flexibility index (Phi) is 21.6. The number of hydrogen-bond donors (Lipinski definition) is 2. The SMILES string of the molecule is CC1OC(=O)C(C)OC1=O.COCCO.COCCOC(=O)OCC1(COC(=O)C(C)O)CSSC1.O=C1OCC2(CO1)CSSC2. The summed E-state index contributed by atoms with van der Waals surface area (Å²) in [6.45, 7) is 6.57. The standard InChI is InChI=1S/C12H20O7S2.C6H8O4.C6H8O3S2.C3H8O2/c1-9(13)10(14)18-5-12(7-20-21-8-12)6-19-11(15)17-4-3-16-2;1-3-5(7)10-4(2)6(8)9-3;7-5-8-1-6(2-9-5)3-10-11-4-6;1-5-3-2-4/h9,13H,3-8H2,1-2H3;3-4H,1-2H3;1-4H2;4H,2-3H2,1H3. The number of hydrogen-bond acceptors (Lipinski definition) is 20. The molecule has 272 valence electrons. The molecule has 3 unspecified atom stereocenters. The number of aliphatic hydroxyl groups excluding tert-OH is 2. The van der Waals surface area contributed by atoms with E-state index < -0.39 is 53.9 Å². The molecule has 4 heterocycles. The minimum atomic E-state index is -1.16. The maximum Gasteiger partial charge on any atom is 0.508 e. The van der Waals surface area contributed by atoms with Gasteiger partial charge >= 0.3 is 30.2 Å². The van der Waals surface area contributed by atoms with Gasteiger partial charge in [0.1, 0.15) is 39.1 Å². The van der Waals surface area contributed by atoms with E-state index in [0.717, 1.165) is 11.5 Å². The van der Waals surface area contributed by atoms with Crippen molar-refractivity contribution >= 4 is 73.4 Å². The molecule has 4 fully saturated rings. The molecule has 0 saturated carbocycles. The van der Waals surface area contributed by atoms with E-state index in [-0.39, 0.29) is 31.8 Å². The van der Waals surface area contributed by atoms with E-state index in [1.807, 2.05) is 21.6 Å². The van der Waals surface area contributed by atoms with Crippen LogP contribution in [0.4, 0.5) is 9.59 Å². The van der Waals surface area contributed by atoms with Gasteiger partial charge in [-0.3, -0.25) is 0 Å². The lowest BCUT2D eigenvalue weighted by Gasteiger charge is -2.29. The number of aliphatic hydroxyl groups is 2. The third kappa shape index (κ3) is 17.4. The minimum absolute atomic E-state index is 0.0993. The highest BCUT2D eigenvalue weighted by molar-refractivity contribution is 8.77. The Hall–Kier alpha value is -1.81. The number of carbonyl (C=O) groups is 5. The summed E-state index contributed by atoms with van der Waals surface area (Å²) in [6.07, 6.45) is -3.94. The normalized spacial score (nSPS) is 22.6. The van der Waals surface area contributed by atoms with Crippen LogP contribution in [0, 0.1) is 10.8 Å². The highest BCUT2D eigenvalue weighted by Crippen LogP contribution is 2.45. The molecule has 4 rings (SSSR count). The summed E-state index contributed by atoms with van der Waals surface area (Å²) >= 11 is 0. The summed E-state index contributed by atoms with van der Waals surface area (Å²) in [5, 5.41) is 17.1. The first kappa shape index (κ1) is 43.2. The van der Waals surface area contributed by atoms with Crippen molar-refractivity contribution in [3.05, 3.63) is 0 Å². The zero-order valence-corrected chi connectivity index (χ0v) is 30.2. The third-order valence-corrected chi connectivity index (χ3v) is 11.7. The molecule has 0 amide bonds.